The molecule has 3 aromatic heterocycles. The molecule has 0 saturated carbocycles. The van der Waals surface area contributed by atoms with Crippen molar-refractivity contribution in [3.05, 3.63) is 54.0 Å². The molecule has 1 aromatic carbocycles. The zero-order valence-corrected chi connectivity index (χ0v) is 27.4. The number of anilines is 1. The number of sulfonamides is 1. The van der Waals surface area contributed by atoms with E-state index in [4.69, 9.17) is 18.7 Å². The normalized spacial score (nSPS) is 13.2. The molecule has 45 heavy (non-hydrogen) atoms. The molecule has 0 aliphatic rings. The van der Waals surface area contributed by atoms with Crippen molar-refractivity contribution in [2.45, 2.75) is 57.9 Å². The van der Waals surface area contributed by atoms with Crippen LogP contribution in [-0.2, 0) is 26.1 Å². The maximum absolute atomic E-state index is 14.6. The number of ether oxygens (including phenoxy) is 3. The average molecular weight is 669 g/mol. The quantitative estimate of drug-likeness (QED) is 0.0866. The molecular formula is C28H35F3N6O6SSi. The highest BCUT2D eigenvalue weighted by molar-refractivity contribution is 7.92. The summed E-state index contributed by atoms with van der Waals surface area (Å²) in [7, 11) is -4.17. The molecule has 4 aromatic rings. The van der Waals surface area contributed by atoms with Gasteiger partial charge in [0.05, 0.1) is 16.8 Å². The second kappa shape index (κ2) is 14.2. The van der Waals surface area contributed by atoms with E-state index in [2.05, 4.69) is 44.7 Å². The van der Waals surface area contributed by atoms with Crippen molar-refractivity contribution in [2.24, 2.45) is 0 Å². The first kappa shape index (κ1) is 34.2. The third kappa shape index (κ3) is 8.96. The van der Waals surface area contributed by atoms with Gasteiger partial charge in [-0.1, -0.05) is 49.9 Å². The Morgan fingerprint density at radius 2 is 1.76 bits per heavy atom. The lowest BCUT2D eigenvalue weighted by atomic mass is 10.1. The van der Waals surface area contributed by atoms with E-state index >= 15 is 0 Å². The van der Waals surface area contributed by atoms with E-state index in [1.54, 1.807) is 25.1 Å². The van der Waals surface area contributed by atoms with E-state index in [9.17, 15) is 21.6 Å². The second-order valence-electron chi connectivity index (χ2n) is 11.3. The van der Waals surface area contributed by atoms with Gasteiger partial charge >= 0.3 is 6.18 Å². The number of rotatable bonds is 15. The minimum Gasteiger partial charge on any atom is -0.457 e. The van der Waals surface area contributed by atoms with Crippen molar-refractivity contribution in [3.63, 3.8) is 0 Å². The van der Waals surface area contributed by atoms with Gasteiger partial charge in [0.1, 0.15) is 19.0 Å². The first-order valence-electron chi connectivity index (χ1n) is 14.1. The lowest BCUT2D eigenvalue weighted by molar-refractivity contribution is -0.198. The lowest BCUT2D eigenvalue weighted by Gasteiger charge is -2.27. The van der Waals surface area contributed by atoms with Crippen LogP contribution in [-0.4, -0.2) is 74.0 Å². The Bertz CT molecular complexity index is 1680. The summed E-state index contributed by atoms with van der Waals surface area (Å²) >= 11 is 0. The summed E-state index contributed by atoms with van der Waals surface area (Å²) in [6.45, 7) is 7.94. The van der Waals surface area contributed by atoms with Crippen LogP contribution >= 0.6 is 0 Å². The Hall–Kier alpha value is -3.67. The van der Waals surface area contributed by atoms with E-state index in [0.717, 1.165) is 22.6 Å². The Labute approximate surface area is 260 Å². The van der Waals surface area contributed by atoms with E-state index in [-0.39, 0.29) is 59.4 Å². The predicted octanol–water partition coefficient (Wildman–Crippen LogP) is 5.76. The molecule has 0 radical (unpaired) electrons. The lowest BCUT2D eigenvalue weighted by Crippen LogP contribution is -2.37. The van der Waals surface area contributed by atoms with E-state index in [0.29, 0.717) is 0 Å². The number of hydrogen-bond donors (Lipinski definition) is 0. The molecule has 1 unspecified atom stereocenters. The molecule has 0 fully saturated rings. The summed E-state index contributed by atoms with van der Waals surface area (Å²) < 4.78 is 92.7. The molecule has 0 aliphatic carbocycles. The van der Waals surface area contributed by atoms with Gasteiger partial charge in [-0.3, -0.25) is 4.98 Å². The van der Waals surface area contributed by atoms with Gasteiger partial charge in [-0.15, -0.1) is 0 Å². The molecule has 17 heteroatoms. The smallest absolute Gasteiger partial charge is 0.429 e. The molecular weight excluding hydrogens is 633 g/mol. The average Bonchev–Trinajstić information content (AvgIpc) is 3.43. The van der Waals surface area contributed by atoms with Gasteiger partial charge in [0.25, 0.3) is 11.8 Å². The van der Waals surface area contributed by atoms with Gasteiger partial charge in [0, 0.05) is 33.6 Å². The standard InChI is InChI=1S/C28H35F3N6O6SSi/c1-6-14-44(38,39)37(18-41-13-15-45(3,4)5)26-27(34-21-10-8-7-9-20(21)33-26)42-24(28(29,30)31)19-11-12-22(32-16-19)25-35-23(17-40-2)43-36-25/h7-12,16,24H,6,13-15,17-18H2,1-5H3. The van der Waals surface area contributed by atoms with Gasteiger partial charge in [-0.25, -0.2) is 22.7 Å². The van der Waals surface area contributed by atoms with Crippen LogP contribution in [0, 0.1) is 0 Å². The van der Waals surface area contributed by atoms with E-state index in [1.165, 1.54) is 19.2 Å². The number of fused-ring (bicyclic) bond motifs is 1. The SMILES string of the molecule is CCCS(=O)(=O)N(COCC[Si](C)(C)C)c1nc2ccccc2nc1OC(c1ccc(-c2noc(COC)n2)nc1)C(F)(F)F. The van der Waals surface area contributed by atoms with Crippen LogP contribution in [0.3, 0.4) is 0 Å². The van der Waals surface area contributed by atoms with Gasteiger partial charge in [-0.2, -0.15) is 18.2 Å². The summed E-state index contributed by atoms with van der Waals surface area (Å²) in [5, 5.41) is 3.77. The van der Waals surface area contributed by atoms with Crippen LogP contribution < -0.4 is 9.04 Å². The maximum atomic E-state index is 14.6. The van der Waals surface area contributed by atoms with Crippen LogP contribution in [0.4, 0.5) is 19.0 Å². The highest BCUT2D eigenvalue weighted by Crippen LogP contribution is 2.40. The van der Waals surface area contributed by atoms with Crippen LogP contribution in [0.1, 0.15) is 30.9 Å². The zero-order valence-electron chi connectivity index (χ0n) is 25.5. The third-order valence-corrected chi connectivity index (χ3v) is 9.92. The Balaban J connectivity index is 1.75. The van der Waals surface area contributed by atoms with Gasteiger partial charge in [0.2, 0.25) is 27.8 Å². The van der Waals surface area contributed by atoms with E-state index in [1.807, 2.05) is 0 Å². The first-order valence-corrected chi connectivity index (χ1v) is 19.4. The van der Waals surface area contributed by atoms with Crippen LogP contribution in [0.2, 0.25) is 25.7 Å². The van der Waals surface area contributed by atoms with Crippen LogP contribution in [0.15, 0.2) is 47.1 Å². The highest BCUT2D eigenvalue weighted by atomic mass is 32.2. The van der Waals surface area contributed by atoms with Crippen molar-refractivity contribution in [2.75, 3.05) is 30.5 Å². The number of halogens is 3. The molecule has 12 nitrogen and oxygen atoms in total. The fraction of sp³-hybridized carbons (Fsp3) is 0.464. The molecule has 0 N–H and O–H groups in total. The predicted molar refractivity (Wildman–Crippen MR) is 163 cm³/mol. The van der Waals surface area contributed by atoms with Gasteiger partial charge in [0.15, 0.2) is 0 Å². The number of nitrogens with zero attached hydrogens (tertiary/aromatic N) is 6. The molecule has 244 valence electrons. The fourth-order valence-electron chi connectivity index (χ4n) is 4.05. The molecule has 3 heterocycles. The molecule has 0 amide bonds. The monoisotopic (exact) mass is 668 g/mol. The zero-order chi connectivity index (χ0) is 32.8. The maximum Gasteiger partial charge on any atom is 0.429 e. The van der Waals surface area contributed by atoms with Crippen LogP contribution in [0.25, 0.3) is 22.6 Å². The number of para-hydroxylation sites is 2. The van der Waals surface area contributed by atoms with Crippen molar-refractivity contribution in [1.82, 2.24) is 25.1 Å². The molecule has 0 saturated heterocycles. The van der Waals surface area contributed by atoms with E-state index < -0.39 is 48.8 Å². The highest BCUT2D eigenvalue weighted by Gasteiger charge is 2.45. The van der Waals surface area contributed by atoms with Gasteiger partial charge < -0.3 is 18.7 Å². The number of pyridine rings is 1. The molecule has 0 bridgehead atoms. The second-order valence-corrected chi connectivity index (χ2v) is 18.9. The molecule has 1 atom stereocenters. The Morgan fingerprint density at radius 3 is 2.36 bits per heavy atom. The van der Waals surface area contributed by atoms with Crippen molar-refractivity contribution in [3.8, 4) is 17.4 Å². The summed E-state index contributed by atoms with van der Waals surface area (Å²) in [4.78, 5) is 16.9. The van der Waals surface area contributed by atoms with Crippen molar-refractivity contribution < 1.29 is 40.3 Å². The minimum absolute atomic E-state index is 0.0541. The van der Waals surface area contributed by atoms with Gasteiger partial charge in [-0.05, 0) is 30.7 Å². The molecule has 0 aliphatic heterocycles. The summed E-state index contributed by atoms with van der Waals surface area (Å²) in [5.41, 5.74) is 0.259. The number of hydrogen-bond acceptors (Lipinski definition) is 11. The minimum atomic E-state index is -4.95. The molecule has 0 spiro atoms. The number of benzene rings is 1. The van der Waals surface area contributed by atoms with Crippen LogP contribution in [0.5, 0.6) is 5.88 Å². The van der Waals surface area contributed by atoms with Crippen molar-refractivity contribution >= 4 is 34.9 Å². The Kier molecular flexibility index (Phi) is 10.8. The topological polar surface area (TPSA) is 143 Å². The first-order chi connectivity index (χ1) is 21.2. The summed E-state index contributed by atoms with van der Waals surface area (Å²) in [6, 6.07) is 9.60. The number of aromatic nitrogens is 5. The number of alkyl halides is 3. The largest absolute Gasteiger partial charge is 0.457 e. The summed E-state index contributed by atoms with van der Waals surface area (Å²) in [6.07, 6.45) is -6.31. The molecule has 4 rings (SSSR count). The fourth-order valence-corrected chi connectivity index (χ4v) is 6.16. The Morgan fingerprint density at radius 1 is 1.04 bits per heavy atom. The van der Waals surface area contributed by atoms with Crippen molar-refractivity contribution in [1.29, 1.82) is 0 Å². The number of methoxy groups -OCH3 is 1. The third-order valence-electron chi connectivity index (χ3n) is 6.34. The summed E-state index contributed by atoms with van der Waals surface area (Å²) in [5.74, 6) is -1.10.